The third kappa shape index (κ3) is 3.89. The lowest BCUT2D eigenvalue weighted by Gasteiger charge is -2.03. The van der Waals surface area contributed by atoms with Crippen molar-refractivity contribution in [3.8, 4) is 0 Å². The van der Waals surface area contributed by atoms with E-state index in [4.69, 9.17) is 4.42 Å². The highest BCUT2D eigenvalue weighted by Crippen LogP contribution is 2.20. The van der Waals surface area contributed by atoms with Gasteiger partial charge in [0.25, 0.3) is 0 Å². The molecule has 0 bridgehead atoms. The van der Waals surface area contributed by atoms with Crippen molar-refractivity contribution in [3.63, 3.8) is 0 Å². The third-order valence-corrected chi connectivity index (χ3v) is 4.49. The van der Waals surface area contributed by atoms with Gasteiger partial charge in [0, 0.05) is 0 Å². The maximum atomic E-state index is 13.1. The molecule has 0 saturated carbocycles. The first-order valence-electron chi connectivity index (χ1n) is 6.38. The molecule has 0 aliphatic heterocycles. The fourth-order valence-electron chi connectivity index (χ4n) is 1.78. The van der Waals surface area contributed by atoms with Crippen molar-refractivity contribution in [1.29, 1.82) is 0 Å². The zero-order chi connectivity index (χ0) is 15.5. The zero-order valence-corrected chi connectivity index (χ0v) is 12.2. The average molecular weight is 315 g/mol. The van der Waals surface area contributed by atoms with Gasteiger partial charge in [0.05, 0.1) is 11.4 Å². The number of benzene rings is 1. The van der Waals surface area contributed by atoms with Gasteiger partial charge in [-0.3, -0.25) is 0 Å². The number of halogens is 2. The SMILES string of the molecule is CCNCc1ccc(CS(=O)(=O)c2ccc(F)c(F)c2)o1. The van der Waals surface area contributed by atoms with Crippen molar-refractivity contribution in [2.45, 2.75) is 24.1 Å². The molecule has 0 aliphatic carbocycles. The largest absolute Gasteiger partial charge is 0.464 e. The van der Waals surface area contributed by atoms with Crippen molar-refractivity contribution in [3.05, 3.63) is 53.5 Å². The van der Waals surface area contributed by atoms with E-state index in [1.807, 2.05) is 6.92 Å². The van der Waals surface area contributed by atoms with E-state index in [-0.39, 0.29) is 10.7 Å². The molecule has 7 heteroatoms. The molecule has 0 aliphatic rings. The van der Waals surface area contributed by atoms with E-state index in [0.717, 1.165) is 18.7 Å². The Hall–Kier alpha value is -1.73. The topological polar surface area (TPSA) is 59.3 Å². The van der Waals surface area contributed by atoms with Gasteiger partial charge in [-0.05, 0) is 36.9 Å². The molecule has 1 heterocycles. The fraction of sp³-hybridized carbons (Fsp3) is 0.286. The molecule has 0 fully saturated rings. The number of sulfone groups is 1. The summed E-state index contributed by atoms with van der Waals surface area (Å²) in [7, 11) is -3.78. The van der Waals surface area contributed by atoms with Crippen LogP contribution in [0.3, 0.4) is 0 Å². The molecule has 0 unspecified atom stereocenters. The van der Waals surface area contributed by atoms with Crippen LogP contribution >= 0.6 is 0 Å². The molecule has 0 atom stereocenters. The normalized spacial score (nSPS) is 11.8. The van der Waals surface area contributed by atoms with Gasteiger partial charge in [-0.25, -0.2) is 17.2 Å². The van der Waals surface area contributed by atoms with Crippen molar-refractivity contribution < 1.29 is 21.6 Å². The summed E-state index contributed by atoms with van der Waals surface area (Å²) in [4.78, 5) is -0.272. The van der Waals surface area contributed by atoms with E-state index in [1.165, 1.54) is 0 Å². The van der Waals surface area contributed by atoms with Crippen molar-refractivity contribution in [2.75, 3.05) is 6.54 Å². The highest BCUT2D eigenvalue weighted by molar-refractivity contribution is 7.90. The molecule has 0 amide bonds. The lowest BCUT2D eigenvalue weighted by molar-refractivity contribution is 0.459. The van der Waals surface area contributed by atoms with Gasteiger partial charge in [0.2, 0.25) is 0 Å². The van der Waals surface area contributed by atoms with Crippen LogP contribution in [-0.2, 0) is 22.1 Å². The summed E-state index contributed by atoms with van der Waals surface area (Å²) < 4.78 is 55.6. The number of nitrogens with one attached hydrogen (secondary N) is 1. The molecule has 2 aromatic rings. The summed E-state index contributed by atoms with van der Waals surface area (Å²) in [6.45, 7) is 3.21. The van der Waals surface area contributed by atoms with Crippen molar-refractivity contribution >= 4 is 9.84 Å². The Morgan fingerprint density at radius 3 is 2.48 bits per heavy atom. The minimum Gasteiger partial charge on any atom is -0.464 e. The van der Waals surface area contributed by atoms with Crippen LogP contribution in [0.25, 0.3) is 0 Å². The van der Waals surface area contributed by atoms with Gasteiger partial charge in [0.1, 0.15) is 17.3 Å². The third-order valence-electron chi connectivity index (χ3n) is 2.85. The summed E-state index contributed by atoms with van der Waals surface area (Å²) in [6, 6.07) is 5.74. The smallest absolute Gasteiger partial charge is 0.185 e. The second-order valence-electron chi connectivity index (χ2n) is 4.48. The molecule has 0 radical (unpaired) electrons. The molecule has 4 nitrogen and oxygen atoms in total. The predicted octanol–water partition coefficient (Wildman–Crippen LogP) is 2.64. The summed E-state index contributed by atoms with van der Waals surface area (Å²) in [5.74, 6) is -1.80. The van der Waals surface area contributed by atoms with Crippen LogP contribution in [0.5, 0.6) is 0 Å². The van der Waals surface area contributed by atoms with Gasteiger partial charge in [-0.15, -0.1) is 0 Å². The summed E-state index contributed by atoms with van der Waals surface area (Å²) in [5.41, 5.74) is 0. The predicted molar refractivity (Wildman–Crippen MR) is 73.3 cm³/mol. The summed E-state index contributed by atoms with van der Waals surface area (Å²) >= 11 is 0. The van der Waals surface area contributed by atoms with Crippen LogP contribution in [-0.4, -0.2) is 15.0 Å². The lowest BCUT2D eigenvalue weighted by atomic mass is 10.3. The maximum Gasteiger partial charge on any atom is 0.185 e. The minimum absolute atomic E-state index is 0.257. The Labute approximate surface area is 121 Å². The van der Waals surface area contributed by atoms with Crippen LogP contribution < -0.4 is 5.32 Å². The fourth-order valence-corrected chi connectivity index (χ4v) is 3.04. The molecule has 21 heavy (non-hydrogen) atoms. The van der Waals surface area contributed by atoms with E-state index >= 15 is 0 Å². The van der Waals surface area contributed by atoms with Gasteiger partial charge in [-0.2, -0.15) is 0 Å². The second kappa shape index (κ2) is 6.36. The van der Waals surface area contributed by atoms with Gasteiger partial charge in [-0.1, -0.05) is 6.92 Å². The van der Waals surface area contributed by atoms with Crippen LogP contribution in [0.2, 0.25) is 0 Å². The van der Waals surface area contributed by atoms with E-state index < -0.39 is 27.2 Å². The number of hydrogen-bond donors (Lipinski definition) is 1. The van der Waals surface area contributed by atoms with E-state index in [9.17, 15) is 17.2 Å². The quantitative estimate of drug-likeness (QED) is 0.833. The number of hydrogen-bond acceptors (Lipinski definition) is 4. The monoisotopic (exact) mass is 315 g/mol. The maximum absolute atomic E-state index is 13.1. The zero-order valence-electron chi connectivity index (χ0n) is 11.4. The Kier molecular flexibility index (Phi) is 4.74. The Balaban J connectivity index is 2.16. The first-order chi connectivity index (χ1) is 9.92. The Morgan fingerprint density at radius 2 is 1.81 bits per heavy atom. The molecule has 0 saturated heterocycles. The van der Waals surface area contributed by atoms with E-state index in [1.54, 1.807) is 12.1 Å². The first kappa shape index (κ1) is 15.7. The first-order valence-corrected chi connectivity index (χ1v) is 8.03. The lowest BCUT2D eigenvalue weighted by Crippen LogP contribution is -2.10. The van der Waals surface area contributed by atoms with Crippen LogP contribution in [0.4, 0.5) is 8.78 Å². The summed E-state index contributed by atoms with van der Waals surface area (Å²) in [5, 5.41) is 3.05. The molecular formula is C14H15F2NO3S. The molecule has 2 rings (SSSR count). The minimum atomic E-state index is -3.78. The molecule has 1 aromatic carbocycles. The number of rotatable bonds is 6. The van der Waals surface area contributed by atoms with Gasteiger partial charge < -0.3 is 9.73 Å². The van der Waals surface area contributed by atoms with Crippen LogP contribution in [0.15, 0.2) is 39.6 Å². The molecule has 114 valence electrons. The van der Waals surface area contributed by atoms with Gasteiger partial charge in [0.15, 0.2) is 21.5 Å². The second-order valence-corrected chi connectivity index (χ2v) is 6.47. The highest BCUT2D eigenvalue weighted by atomic mass is 32.2. The molecular weight excluding hydrogens is 300 g/mol. The van der Waals surface area contributed by atoms with E-state index in [2.05, 4.69) is 5.32 Å². The van der Waals surface area contributed by atoms with Crippen LogP contribution in [0, 0.1) is 11.6 Å². The standard InChI is InChI=1S/C14H15F2NO3S/c1-2-17-8-10-3-4-11(20-10)9-21(18,19)12-5-6-13(15)14(16)7-12/h3-7,17H,2,8-9H2,1H3. The highest BCUT2D eigenvalue weighted by Gasteiger charge is 2.19. The van der Waals surface area contributed by atoms with Crippen LogP contribution in [0.1, 0.15) is 18.4 Å². The van der Waals surface area contributed by atoms with Crippen molar-refractivity contribution in [1.82, 2.24) is 5.32 Å². The Morgan fingerprint density at radius 1 is 1.10 bits per heavy atom. The van der Waals surface area contributed by atoms with Crippen molar-refractivity contribution in [2.24, 2.45) is 0 Å². The average Bonchev–Trinajstić information content (AvgIpc) is 2.86. The molecule has 1 aromatic heterocycles. The number of furan rings is 1. The Bertz CT molecular complexity index is 726. The molecule has 1 N–H and O–H groups in total. The molecule has 0 spiro atoms. The van der Waals surface area contributed by atoms with E-state index in [0.29, 0.717) is 18.4 Å². The van der Waals surface area contributed by atoms with Gasteiger partial charge >= 0.3 is 0 Å². The summed E-state index contributed by atoms with van der Waals surface area (Å²) in [6.07, 6.45) is 0.